The molecule has 96 valence electrons. The predicted molar refractivity (Wildman–Crippen MR) is 71.5 cm³/mol. The van der Waals surface area contributed by atoms with Crippen LogP contribution in [0, 0.1) is 5.82 Å². The van der Waals surface area contributed by atoms with Gasteiger partial charge in [-0.05, 0) is 49.9 Å². The third-order valence-electron chi connectivity index (χ3n) is 2.49. The van der Waals surface area contributed by atoms with E-state index in [4.69, 9.17) is 10.5 Å². The number of halogens is 2. The van der Waals surface area contributed by atoms with Crippen molar-refractivity contribution in [1.29, 1.82) is 0 Å². The van der Waals surface area contributed by atoms with Gasteiger partial charge in [0.25, 0.3) is 0 Å². The van der Waals surface area contributed by atoms with E-state index in [0.717, 1.165) is 36.1 Å². The van der Waals surface area contributed by atoms with Crippen LogP contribution in [-0.2, 0) is 11.2 Å². The third kappa shape index (κ3) is 6.15. The minimum atomic E-state index is -0.226. The van der Waals surface area contributed by atoms with Crippen molar-refractivity contribution in [3.63, 3.8) is 0 Å². The maximum atomic E-state index is 13.1. The average Bonchev–Trinajstić information content (AvgIpc) is 2.23. The van der Waals surface area contributed by atoms with E-state index in [9.17, 15) is 4.39 Å². The summed E-state index contributed by atoms with van der Waals surface area (Å²) in [5.41, 5.74) is 6.93. The molecule has 1 aromatic rings. The quantitative estimate of drug-likeness (QED) is 0.785. The Hall–Kier alpha value is -0.450. The molecule has 0 heterocycles. The zero-order valence-corrected chi connectivity index (χ0v) is 11.7. The molecule has 0 amide bonds. The molecule has 0 aliphatic carbocycles. The van der Waals surface area contributed by atoms with Crippen molar-refractivity contribution in [2.75, 3.05) is 13.2 Å². The van der Waals surface area contributed by atoms with E-state index in [1.54, 1.807) is 0 Å². The second kappa shape index (κ2) is 7.80. The molecule has 0 fully saturated rings. The standard InChI is InChI=1S/C13H19BrFNO/c1-2-17-5-3-4-13(16)8-10-6-11(14)9-12(15)7-10/h6-7,9,13H,2-5,8,16H2,1H3. The Kier molecular flexibility index (Phi) is 6.70. The van der Waals surface area contributed by atoms with E-state index in [1.807, 2.05) is 13.0 Å². The van der Waals surface area contributed by atoms with Crippen molar-refractivity contribution in [1.82, 2.24) is 0 Å². The fraction of sp³-hybridized carbons (Fsp3) is 0.538. The number of hydrogen-bond acceptors (Lipinski definition) is 2. The summed E-state index contributed by atoms with van der Waals surface area (Å²) in [6.07, 6.45) is 2.54. The third-order valence-corrected chi connectivity index (χ3v) is 2.95. The van der Waals surface area contributed by atoms with E-state index < -0.39 is 0 Å². The minimum Gasteiger partial charge on any atom is -0.382 e. The van der Waals surface area contributed by atoms with Gasteiger partial charge in [0, 0.05) is 23.7 Å². The Morgan fingerprint density at radius 1 is 1.41 bits per heavy atom. The van der Waals surface area contributed by atoms with Gasteiger partial charge in [-0.25, -0.2) is 4.39 Å². The van der Waals surface area contributed by atoms with Gasteiger partial charge in [0.05, 0.1) is 0 Å². The van der Waals surface area contributed by atoms with Crippen molar-refractivity contribution in [3.8, 4) is 0 Å². The number of nitrogens with two attached hydrogens (primary N) is 1. The van der Waals surface area contributed by atoms with E-state index >= 15 is 0 Å². The molecule has 17 heavy (non-hydrogen) atoms. The second-order valence-electron chi connectivity index (χ2n) is 4.08. The van der Waals surface area contributed by atoms with Crippen molar-refractivity contribution in [3.05, 3.63) is 34.1 Å². The van der Waals surface area contributed by atoms with Gasteiger partial charge in [0.1, 0.15) is 5.82 Å². The normalized spacial score (nSPS) is 12.7. The molecule has 1 unspecified atom stereocenters. The van der Waals surface area contributed by atoms with Crippen LogP contribution in [0.1, 0.15) is 25.3 Å². The highest BCUT2D eigenvalue weighted by atomic mass is 79.9. The lowest BCUT2D eigenvalue weighted by molar-refractivity contribution is 0.142. The van der Waals surface area contributed by atoms with Crippen LogP contribution >= 0.6 is 15.9 Å². The van der Waals surface area contributed by atoms with Crippen molar-refractivity contribution in [2.24, 2.45) is 5.73 Å². The molecule has 0 aromatic heterocycles. The molecule has 2 N–H and O–H groups in total. The fourth-order valence-corrected chi connectivity index (χ4v) is 2.24. The highest BCUT2D eigenvalue weighted by molar-refractivity contribution is 9.10. The molecule has 0 aliphatic rings. The Balaban J connectivity index is 2.36. The highest BCUT2D eigenvalue weighted by Crippen LogP contribution is 2.16. The first-order valence-corrected chi connectivity index (χ1v) is 6.69. The van der Waals surface area contributed by atoms with Crippen LogP contribution in [0.25, 0.3) is 0 Å². The van der Waals surface area contributed by atoms with E-state index in [1.165, 1.54) is 12.1 Å². The molecule has 0 spiro atoms. The first-order valence-electron chi connectivity index (χ1n) is 5.90. The Morgan fingerprint density at radius 2 is 2.18 bits per heavy atom. The summed E-state index contributed by atoms with van der Waals surface area (Å²) in [7, 11) is 0. The van der Waals surface area contributed by atoms with Gasteiger partial charge < -0.3 is 10.5 Å². The topological polar surface area (TPSA) is 35.2 Å². The Morgan fingerprint density at radius 3 is 2.82 bits per heavy atom. The van der Waals surface area contributed by atoms with Gasteiger partial charge in [-0.15, -0.1) is 0 Å². The lowest BCUT2D eigenvalue weighted by Crippen LogP contribution is -2.23. The first kappa shape index (κ1) is 14.6. The van der Waals surface area contributed by atoms with Crippen LogP contribution in [-0.4, -0.2) is 19.3 Å². The highest BCUT2D eigenvalue weighted by Gasteiger charge is 2.06. The fourth-order valence-electron chi connectivity index (χ4n) is 1.73. The number of rotatable bonds is 7. The van der Waals surface area contributed by atoms with E-state index in [0.29, 0.717) is 6.42 Å². The predicted octanol–water partition coefficient (Wildman–Crippen LogP) is 3.27. The molecular formula is C13H19BrFNO. The monoisotopic (exact) mass is 303 g/mol. The van der Waals surface area contributed by atoms with Crippen LogP contribution in [0.15, 0.2) is 22.7 Å². The summed E-state index contributed by atoms with van der Waals surface area (Å²) in [6, 6.07) is 4.95. The van der Waals surface area contributed by atoms with Crippen LogP contribution in [0.3, 0.4) is 0 Å². The SMILES string of the molecule is CCOCCCC(N)Cc1cc(F)cc(Br)c1. The van der Waals surface area contributed by atoms with E-state index in [2.05, 4.69) is 15.9 Å². The van der Waals surface area contributed by atoms with E-state index in [-0.39, 0.29) is 11.9 Å². The summed E-state index contributed by atoms with van der Waals surface area (Å²) < 4.78 is 19.1. The van der Waals surface area contributed by atoms with Crippen LogP contribution in [0.4, 0.5) is 4.39 Å². The van der Waals surface area contributed by atoms with Crippen LogP contribution in [0.2, 0.25) is 0 Å². The lowest BCUT2D eigenvalue weighted by atomic mass is 10.0. The zero-order chi connectivity index (χ0) is 12.7. The van der Waals surface area contributed by atoms with Gasteiger partial charge >= 0.3 is 0 Å². The molecule has 1 aromatic carbocycles. The summed E-state index contributed by atoms with van der Waals surface area (Å²) in [6.45, 7) is 3.47. The van der Waals surface area contributed by atoms with Crippen molar-refractivity contribution >= 4 is 15.9 Å². The molecule has 4 heteroatoms. The first-order chi connectivity index (χ1) is 8.11. The minimum absolute atomic E-state index is 0.0594. The molecule has 0 saturated heterocycles. The number of ether oxygens (including phenoxy) is 1. The zero-order valence-electron chi connectivity index (χ0n) is 10.1. The summed E-state index contributed by atoms with van der Waals surface area (Å²) in [4.78, 5) is 0. The van der Waals surface area contributed by atoms with Gasteiger partial charge in [-0.1, -0.05) is 15.9 Å². The molecule has 1 rings (SSSR count). The van der Waals surface area contributed by atoms with Gasteiger partial charge in [0.2, 0.25) is 0 Å². The lowest BCUT2D eigenvalue weighted by Gasteiger charge is -2.12. The average molecular weight is 304 g/mol. The number of hydrogen-bond donors (Lipinski definition) is 1. The maximum Gasteiger partial charge on any atom is 0.124 e. The molecular weight excluding hydrogens is 285 g/mol. The largest absolute Gasteiger partial charge is 0.382 e. The Labute approximate surface area is 110 Å². The smallest absolute Gasteiger partial charge is 0.124 e. The van der Waals surface area contributed by atoms with Gasteiger partial charge in [0.15, 0.2) is 0 Å². The number of benzene rings is 1. The second-order valence-corrected chi connectivity index (χ2v) is 5.00. The molecule has 1 atom stereocenters. The van der Waals surface area contributed by atoms with Crippen molar-refractivity contribution < 1.29 is 9.13 Å². The molecule has 2 nitrogen and oxygen atoms in total. The summed E-state index contributed by atoms with van der Waals surface area (Å²) in [5.74, 6) is -0.226. The molecule has 0 radical (unpaired) electrons. The van der Waals surface area contributed by atoms with Gasteiger partial charge in [-0.2, -0.15) is 0 Å². The van der Waals surface area contributed by atoms with Crippen molar-refractivity contribution in [2.45, 2.75) is 32.2 Å². The summed E-state index contributed by atoms with van der Waals surface area (Å²) in [5, 5.41) is 0. The Bertz CT molecular complexity index is 326. The van der Waals surface area contributed by atoms with Crippen LogP contribution in [0.5, 0.6) is 0 Å². The maximum absolute atomic E-state index is 13.1. The van der Waals surface area contributed by atoms with Gasteiger partial charge in [-0.3, -0.25) is 0 Å². The molecule has 0 saturated carbocycles. The molecule has 0 aliphatic heterocycles. The molecule has 0 bridgehead atoms. The summed E-state index contributed by atoms with van der Waals surface area (Å²) >= 11 is 3.28. The van der Waals surface area contributed by atoms with Crippen LogP contribution < -0.4 is 5.73 Å².